The van der Waals surface area contributed by atoms with Gasteiger partial charge in [0.1, 0.15) is 0 Å². The predicted octanol–water partition coefficient (Wildman–Crippen LogP) is -1.31. The van der Waals surface area contributed by atoms with Gasteiger partial charge in [0, 0.05) is 87.0 Å². The van der Waals surface area contributed by atoms with Crippen LogP contribution in [0.5, 0.6) is 0 Å². The average Bonchev–Trinajstić information content (AvgIpc) is 0.722. The second kappa shape index (κ2) is 7.05. The van der Waals surface area contributed by atoms with E-state index >= 15 is 0 Å². The minimum absolute atomic E-state index is 0. The number of hydrogen-bond acceptors (Lipinski definition) is 1. The van der Waals surface area contributed by atoms with Crippen LogP contribution in [0.4, 0.5) is 0 Å². The third-order valence-electron chi connectivity index (χ3n) is 0. The molecule has 0 aromatic carbocycles. The first-order chi connectivity index (χ1) is 2.00. The molecule has 3 N–H and O–H groups in total. The molecule has 0 bridgehead atoms. The Kier molecular flexibility index (Phi) is 16.6. The molecule has 4 nitrogen and oxygen atoms in total. The summed E-state index contributed by atoms with van der Waals surface area (Å²) in [5.74, 6) is 0. The van der Waals surface area contributed by atoms with Crippen LogP contribution in [-0.2, 0) is 4.57 Å². The van der Waals surface area contributed by atoms with Gasteiger partial charge in [0.2, 0.25) is 0 Å². The molecule has 0 saturated carbocycles. The topological polar surface area (TPSA) is 77.8 Å². The van der Waals surface area contributed by atoms with Crippen molar-refractivity contribution < 1.29 is 54.8 Å². The molecule has 36 valence electrons. The van der Waals surface area contributed by atoms with E-state index in [1.165, 1.54) is 0 Å². The van der Waals surface area contributed by atoms with E-state index in [0.29, 0.717) is 0 Å². The Balaban J connectivity index is -0.0000000800. The molecule has 0 atom stereocenters. The first-order valence-electron chi connectivity index (χ1n) is 0.783. The zero-order valence-corrected chi connectivity index (χ0v) is 11.4. The van der Waals surface area contributed by atoms with Gasteiger partial charge in [-0.3, -0.25) is 0 Å². The molecule has 0 saturated heterocycles. The first kappa shape index (κ1) is 16.5. The quantitative estimate of drug-likeness (QED) is 0.379. The third-order valence-corrected chi connectivity index (χ3v) is 0. The second-order valence-electron chi connectivity index (χ2n) is 0.513. The van der Waals surface area contributed by atoms with Crippen molar-refractivity contribution in [2.75, 3.05) is 0 Å². The maximum atomic E-state index is 8.88. The zero-order chi connectivity index (χ0) is 4.50. The van der Waals surface area contributed by atoms with Gasteiger partial charge < -0.3 is 14.7 Å². The Labute approximate surface area is 111 Å². The molecule has 0 unspecified atom stereocenters. The van der Waals surface area contributed by atoms with Gasteiger partial charge in [-0.25, -0.2) is 4.57 Å². The first-order valence-corrected chi connectivity index (χ1v) is 2.35. The Morgan fingerprint density at radius 2 is 1.14 bits per heavy atom. The molecule has 0 aliphatic rings. The third kappa shape index (κ3) is 49.8. The van der Waals surface area contributed by atoms with E-state index < -0.39 is 7.82 Å². The molecule has 0 fully saturated rings. The van der Waals surface area contributed by atoms with E-state index in [0.717, 1.165) is 0 Å². The van der Waals surface area contributed by atoms with Crippen molar-refractivity contribution >= 4 is 59.2 Å². The van der Waals surface area contributed by atoms with Gasteiger partial charge in [0.05, 0.1) is 0 Å². The van der Waals surface area contributed by atoms with Crippen molar-refractivity contribution in [2.45, 2.75) is 0 Å². The maximum absolute atomic E-state index is 8.88. The van der Waals surface area contributed by atoms with Crippen LogP contribution in [0.2, 0.25) is 0 Å². The second-order valence-corrected chi connectivity index (χ2v) is 1.54. The predicted molar refractivity (Wildman–Crippen MR) is 20.0 cm³/mol. The number of hydrogen-bond donors (Lipinski definition) is 3. The summed E-state index contributed by atoms with van der Waals surface area (Å²) in [4.78, 5) is 21.6. The van der Waals surface area contributed by atoms with Crippen molar-refractivity contribution in [1.29, 1.82) is 0 Å². The van der Waals surface area contributed by atoms with Gasteiger partial charge in [0.25, 0.3) is 0 Å². The van der Waals surface area contributed by atoms with Crippen molar-refractivity contribution in [3.05, 3.63) is 0 Å². The molecule has 2 radical (unpaired) electrons. The smallest absolute Gasteiger partial charge is 0.303 e. The van der Waals surface area contributed by atoms with Crippen molar-refractivity contribution in [1.82, 2.24) is 0 Å². The largest absolute Gasteiger partial charge is 0.466 e. The molecular weight excluding hydrogens is 273 g/mol. The Hall–Kier alpha value is 2.94. The molecule has 7 heteroatoms. The van der Waals surface area contributed by atoms with Gasteiger partial charge >= 0.3 is 7.82 Å². The van der Waals surface area contributed by atoms with Crippen LogP contribution in [0.3, 0.4) is 0 Å². The molecule has 0 spiro atoms. The molecule has 7 heavy (non-hydrogen) atoms. The fourth-order valence-electron chi connectivity index (χ4n) is 0. The van der Waals surface area contributed by atoms with E-state index in [1.807, 2.05) is 0 Å². The van der Waals surface area contributed by atoms with Gasteiger partial charge in [-0.1, -0.05) is 0 Å². The summed E-state index contributed by atoms with van der Waals surface area (Å²) in [6.07, 6.45) is 0. The summed E-state index contributed by atoms with van der Waals surface area (Å²) in [6.45, 7) is 0. The monoisotopic (exact) mass is 276 g/mol. The van der Waals surface area contributed by atoms with Crippen molar-refractivity contribution in [3.63, 3.8) is 0 Å². The minimum atomic E-state index is -4.64. The zero-order valence-electron chi connectivity index (χ0n) is 3.77. The van der Waals surface area contributed by atoms with Crippen LogP contribution >= 0.6 is 7.82 Å². The standard InChI is InChI=1S/K.La.H3O4P/c;;1-5(2,3)4/h;;(H3,1,2,3,4). The SMILES string of the molecule is O=P(O)(O)O.[K].[La]. The minimum Gasteiger partial charge on any atom is -0.303 e. The molecule has 0 aliphatic heterocycles. The fraction of sp³-hybridized carbons (Fsp3) is 0. The Bertz CT molecular complexity index is 57.8. The summed E-state index contributed by atoms with van der Waals surface area (Å²) in [6, 6.07) is 0. The van der Waals surface area contributed by atoms with Crippen molar-refractivity contribution in [3.8, 4) is 0 Å². The molecule has 0 aromatic rings. The summed E-state index contributed by atoms with van der Waals surface area (Å²) in [5.41, 5.74) is 0. The van der Waals surface area contributed by atoms with E-state index in [9.17, 15) is 0 Å². The number of phosphoric acid groups is 1. The van der Waals surface area contributed by atoms with E-state index in [4.69, 9.17) is 19.2 Å². The maximum Gasteiger partial charge on any atom is 0.466 e. The summed E-state index contributed by atoms with van der Waals surface area (Å²) < 4.78 is 8.88. The molecular formula is H3KLaO4P. The summed E-state index contributed by atoms with van der Waals surface area (Å²) in [7, 11) is -4.64. The van der Waals surface area contributed by atoms with E-state index in [1.54, 1.807) is 0 Å². The van der Waals surface area contributed by atoms with E-state index in [-0.39, 0.29) is 87.0 Å². The van der Waals surface area contributed by atoms with Gasteiger partial charge in [-0.15, -0.1) is 0 Å². The van der Waals surface area contributed by atoms with Crippen LogP contribution < -0.4 is 0 Å². The number of rotatable bonds is 0. The van der Waals surface area contributed by atoms with Gasteiger partial charge in [0.15, 0.2) is 0 Å². The molecule has 0 aromatic heterocycles. The van der Waals surface area contributed by atoms with Crippen LogP contribution in [0.15, 0.2) is 0 Å². The van der Waals surface area contributed by atoms with Crippen LogP contribution in [-0.4, -0.2) is 66.1 Å². The van der Waals surface area contributed by atoms with Crippen LogP contribution in [0, 0.1) is 35.6 Å². The average molecular weight is 276 g/mol. The Morgan fingerprint density at radius 1 is 1.14 bits per heavy atom. The van der Waals surface area contributed by atoms with Crippen LogP contribution in [0.25, 0.3) is 0 Å². The van der Waals surface area contributed by atoms with Gasteiger partial charge in [-0.05, 0) is 0 Å². The normalized spacial score (nSPS) is 8.43. The van der Waals surface area contributed by atoms with Crippen molar-refractivity contribution in [2.24, 2.45) is 0 Å². The molecule has 0 rings (SSSR count). The summed E-state index contributed by atoms with van der Waals surface area (Å²) >= 11 is 0. The van der Waals surface area contributed by atoms with E-state index in [2.05, 4.69) is 0 Å². The van der Waals surface area contributed by atoms with Gasteiger partial charge in [-0.2, -0.15) is 0 Å². The molecule has 0 heterocycles. The fourth-order valence-corrected chi connectivity index (χ4v) is 0. The Morgan fingerprint density at radius 3 is 1.14 bits per heavy atom. The van der Waals surface area contributed by atoms with Crippen LogP contribution in [0.1, 0.15) is 0 Å². The summed E-state index contributed by atoms with van der Waals surface area (Å²) in [5, 5.41) is 0. The molecule has 0 amide bonds. The molecule has 0 aliphatic carbocycles.